The lowest BCUT2D eigenvalue weighted by molar-refractivity contribution is 0.558. The van der Waals surface area contributed by atoms with E-state index in [0.29, 0.717) is 11.8 Å². The topological polar surface area (TPSA) is 12.4 Å². The first kappa shape index (κ1) is 6.53. The highest BCUT2D eigenvalue weighted by Crippen LogP contribution is 2.21. The molecule has 0 aliphatic carbocycles. The molecule has 2 unspecified atom stereocenters. The predicted molar refractivity (Wildman–Crippen MR) is 40.6 cm³/mol. The Bertz CT molecular complexity index is 156. The molecular weight excluding hydrogens is 110 g/mol. The van der Waals surface area contributed by atoms with Crippen LogP contribution in [0.3, 0.4) is 0 Å². The molecule has 0 aromatic rings. The van der Waals surface area contributed by atoms with Crippen LogP contribution < -0.4 is 0 Å². The van der Waals surface area contributed by atoms with Gasteiger partial charge in [0.1, 0.15) is 0 Å². The predicted octanol–water partition coefficient (Wildman–Crippen LogP) is 2.25. The Morgan fingerprint density at radius 2 is 2.11 bits per heavy atom. The fraction of sp³-hybridized carbons (Fsp3) is 0.625. The molecule has 9 heavy (non-hydrogen) atoms. The molecule has 0 saturated heterocycles. The number of nitrogens with zero attached hydrogens (tertiary/aromatic N) is 1. The fourth-order valence-electron chi connectivity index (χ4n) is 0.958. The summed E-state index contributed by atoms with van der Waals surface area (Å²) in [6.07, 6.45) is 3.96. The van der Waals surface area contributed by atoms with Gasteiger partial charge in [-0.1, -0.05) is 19.4 Å². The molecule has 1 heteroatoms. The average molecular weight is 123 g/mol. The summed E-state index contributed by atoms with van der Waals surface area (Å²) in [5, 5.41) is 0. The van der Waals surface area contributed by atoms with Crippen LogP contribution in [0.1, 0.15) is 20.8 Å². The Labute approximate surface area is 56.5 Å². The van der Waals surface area contributed by atoms with Crippen molar-refractivity contribution in [2.24, 2.45) is 16.8 Å². The van der Waals surface area contributed by atoms with E-state index in [1.807, 2.05) is 12.4 Å². The van der Waals surface area contributed by atoms with Crippen LogP contribution in [0.4, 0.5) is 0 Å². The van der Waals surface area contributed by atoms with Gasteiger partial charge in [0, 0.05) is 12.4 Å². The molecule has 1 aliphatic rings. The first-order chi connectivity index (χ1) is 4.22. The zero-order chi connectivity index (χ0) is 6.85. The van der Waals surface area contributed by atoms with Crippen molar-refractivity contribution < 1.29 is 0 Å². The molecular formula is C8H13N. The van der Waals surface area contributed by atoms with Gasteiger partial charge >= 0.3 is 0 Å². The third-order valence-corrected chi connectivity index (χ3v) is 2.11. The second-order valence-corrected chi connectivity index (χ2v) is 2.82. The molecule has 1 heterocycles. The SMILES string of the molecule is CC1=CN=CC(C)C1C. The Morgan fingerprint density at radius 1 is 1.44 bits per heavy atom. The fourth-order valence-corrected chi connectivity index (χ4v) is 0.958. The van der Waals surface area contributed by atoms with E-state index in [0.717, 1.165) is 0 Å². The first-order valence-electron chi connectivity index (χ1n) is 3.42. The number of aliphatic imine (C=N–C) groups is 1. The monoisotopic (exact) mass is 123 g/mol. The zero-order valence-electron chi connectivity index (χ0n) is 6.26. The normalized spacial score (nSPS) is 34.3. The van der Waals surface area contributed by atoms with Crippen LogP contribution in [0.2, 0.25) is 0 Å². The molecule has 0 saturated carbocycles. The van der Waals surface area contributed by atoms with E-state index in [1.165, 1.54) is 5.57 Å². The molecule has 0 N–H and O–H groups in total. The lowest BCUT2D eigenvalue weighted by Crippen LogP contribution is -2.12. The molecule has 1 aliphatic heterocycles. The number of rotatable bonds is 0. The van der Waals surface area contributed by atoms with E-state index in [9.17, 15) is 0 Å². The Morgan fingerprint density at radius 3 is 2.56 bits per heavy atom. The van der Waals surface area contributed by atoms with Crippen LogP contribution in [0, 0.1) is 11.8 Å². The Balaban J connectivity index is 2.73. The van der Waals surface area contributed by atoms with Gasteiger partial charge in [-0.25, -0.2) is 0 Å². The van der Waals surface area contributed by atoms with Gasteiger partial charge in [0.05, 0.1) is 0 Å². The summed E-state index contributed by atoms with van der Waals surface area (Å²) in [6, 6.07) is 0. The summed E-state index contributed by atoms with van der Waals surface area (Å²) < 4.78 is 0. The molecule has 1 rings (SSSR count). The summed E-state index contributed by atoms with van der Waals surface area (Å²) in [7, 11) is 0. The number of allylic oxidation sites excluding steroid dienone is 1. The van der Waals surface area contributed by atoms with E-state index in [-0.39, 0.29) is 0 Å². The van der Waals surface area contributed by atoms with Crippen LogP contribution >= 0.6 is 0 Å². The first-order valence-corrected chi connectivity index (χ1v) is 3.42. The molecule has 50 valence electrons. The summed E-state index contributed by atoms with van der Waals surface area (Å²) in [4.78, 5) is 4.10. The van der Waals surface area contributed by atoms with Crippen molar-refractivity contribution in [3.63, 3.8) is 0 Å². The van der Waals surface area contributed by atoms with Crippen molar-refractivity contribution in [1.29, 1.82) is 0 Å². The third-order valence-electron chi connectivity index (χ3n) is 2.11. The minimum Gasteiger partial charge on any atom is -0.269 e. The van der Waals surface area contributed by atoms with Crippen molar-refractivity contribution in [3.8, 4) is 0 Å². The second kappa shape index (κ2) is 2.34. The second-order valence-electron chi connectivity index (χ2n) is 2.82. The number of hydrogen-bond acceptors (Lipinski definition) is 1. The van der Waals surface area contributed by atoms with Gasteiger partial charge in [-0.05, 0) is 18.8 Å². The lowest BCUT2D eigenvalue weighted by atomic mass is 9.89. The van der Waals surface area contributed by atoms with E-state index < -0.39 is 0 Å². The molecule has 0 bridgehead atoms. The van der Waals surface area contributed by atoms with Crippen LogP contribution in [-0.2, 0) is 0 Å². The van der Waals surface area contributed by atoms with Crippen molar-refractivity contribution >= 4 is 6.21 Å². The standard InChI is InChI=1S/C8H13N/c1-6-4-9-5-7(2)8(6)3/h4-6,8H,1-3H3. The molecule has 0 amide bonds. The molecule has 0 fully saturated rings. The van der Waals surface area contributed by atoms with Gasteiger partial charge in [0.25, 0.3) is 0 Å². The van der Waals surface area contributed by atoms with Gasteiger partial charge in [0.15, 0.2) is 0 Å². The van der Waals surface area contributed by atoms with E-state index >= 15 is 0 Å². The number of hydrogen-bond donors (Lipinski definition) is 0. The summed E-state index contributed by atoms with van der Waals surface area (Å²) in [5.74, 6) is 1.30. The maximum Gasteiger partial charge on any atom is 0.0256 e. The van der Waals surface area contributed by atoms with Crippen LogP contribution in [0.25, 0.3) is 0 Å². The van der Waals surface area contributed by atoms with Crippen molar-refractivity contribution in [2.75, 3.05) is 0 Å². The van der Waals surface area contributed by atoms with Crippen molar-refractivity contribution in [1.82, 2.24) is 0 Å². The third kappa shape index (κ3) is 1.21. The van der Waals surface area contributed by atoms with E-state index in [1.54, 1.807) is 0 Å². The smallest absolute Gasteiger partial charge is 0.0256 e. The van der Waals surface area contributed by atoms with Gasteiger partial charge < -0.3 is 0 Å². The largest absolute Gasteiger partial charge is 0.269 e. The van der Waals surface area contributed by atoms with Gasteiger partial charge in [-0.2, -0.15) is 0 Å². The van der Waals surface area contributed by atoms with Gasteiger partial charge in [-0.3, -0.25) is 4.99 Å². The minimum atomic E-state index is 0.620. The average Bonchev–Trinajstić information content (AvgIpc) is 1.83. The molecule has 0 spiro atoms. The highest BCUT2D eigenvalue weighted by molar-refractivity contribution is 5.63. The van der Waals surface area contributed by atoms with Gasteiger partial charge in [0.2, 0.25) is 0 Å². The van der Waals surface area contributed by atoms with Crippen LogP contribution in [0.15, 0.2) is 16.8 Å². The zero-order valence-corrected chi connectivity index (χ0v) is 6.26. The molecule has 0 aromatic carbocycles. The highest BCUT2D eigenvalue weighted by atomic mass is 14.7. The molecule has 0 radical (unpaired) electrons. The maximum atomic E-state index is 4.10. The Kier molecular flexibility index (Phi) is 1.70. The quantitative estimate of drug-likeness (QED) is 0.468. The summed E-state index contributed by atoms with van der Waals surface area (Å²) in [6.45, 7) is 6.57. The Hall–Kier alpha value is -0.590. The minimum absolute atomic E-state index is 0.620. The summed E-state index contributed by atoms with van der Waals surface area (Å²) >= 11 is 0. The molecule has 0 aromatic heterocycles. The van der Waals surface area contributed by atoms with Crippen molar-refractivity contribution in [3.05, 3.63) is 11.8 Å². The van der Waals surface area contributed by atoms with Crippen LogP contribution in [-0.4, -0.2) is 6.21 Å². The molecule has 1 nitrogen and oxygen atoms in total. The maximum absolute atomic E-state index is 4.10. The van der Waals surface area contributed by atoms with Crippen LogP contribution in [0.5, 0.6) is 0 Å². The van der Waals surface area contributed by atoms with E-state index in [4.69, 9.17) is 0 Å². The van der Waals surface area contributed by atoms with Crippen molar-refractivity contribution in [2.45, 2.75) is 20.8 Å². The van der Waals surface area contributed by atoms with E-state index in [2.05, 4.69) is 25.8 Å². The lowest BCUT2D eigenvalue weighted by Gasteiger charge is -2.18. The van der Waals surface area contributed by atoms with Gasteiger partial charge in [-0.15, -0.1) is 0 Å². The summed E-state index contributed by atoms with van der Waals surface area (Å²) in [5.41, 5.74) is 1.39. The molecule has 2 atom stereocenters. The highest BCUT2D eigenvalue weighted by Gasteiger charge is 2.13.